The summed E-state index contributed by atoms with van der Waals surface area (Å²) in [4.78, 5) is 4.45. The molecule has 0 amide bonds. The molecule has 2 aromatic heterocycles. The molecule has 0 saturated carbocycles. The molecule has 0 atom stereocenters. The van der Waals surface area contributed by atoms with Crippen molar-refractivity contribution in [2.45, 2.75) is 30.7 Å². The molecule has 8 heteroatoms. The van der Waals surface area contributed by atoms with E-state index in [1.54, 1.807) is 0 Å². The Kier molecular flexibility index (Phi) is 5.59. The van der Waals surface area contributed by atoms with Crippen LogP contribution in [0.3, 0.4) is 0 Å². The maximum Gasteiger partial charge on any atom is 0.277 e. The van der Waals surface area contributed by atoms with Crippen LogP contribution in [0.15, 0.2) is 67.2 Å². The van der Waals surface area contributed by atoms with Gasteiger partial charge in [0.25, 0.3) is 5.22 Å². The number of rotatable bonds is 6. The second-order valence-electron chi connectivity index (χ2n) is 6.46. The maximum atomic E-state index is 5.70. The molecule has 28 heavy (non-hydrogen) atoms. The van der Waals surface area contributed by atoms with Crippen LogP contribution in [-0.4, -0.2) is 20.3 Å². The van der Waals surface area contributed by atoms with Crippen molar-refractivity contribution in [3.63, 3.8) is 0 Å². The highest BCUT2D eigenvalue weighted by Gasteiger charge is 2.13. The Bertz CT molecular complexity index is 1080. The second kappa shape index (κ2) is 8.28. The summed E-state index contributed by atoms with van der Waals surface area (Å²) in [6.07, 6.45) is 0. The fourth-order valence-electron chi connectivity index (χ4n) is 2.58. The van der Waals surface area contributed by atoms with Crippen molar-refractivity contribution in [1.29, 1.82) is 0 Å². The number of aromatic nitrogens is 4. The Hall–Kier alpha value is -2.45. The van der Waals surface area contributed by atoms with E-state index in [9.17, 15) is 0 Å². The van der Waals surface area contributed by atoms with E-state index in [2.05, 4.69) is 62.2 Å². The highest BCUT2D eigenvalue weighted by Crippen LogP contribution is 2.27. The van der Waals surface area contributed by atoms with Gasteiger partial charge in [-0.2, -0.15) is 4.98 Å². The molecule has 2 heterocycles. The largest absolute Gasteiger partial charge is 0.411 e. The fourth-order valence-corrected chi connectivity index (χ4v) is 3.58. The van der Waals surface area contributed by atoms with Gasteiger partial charge < -0.3 is 8.94 Å². The van der Waals surface area contributed by atoms with E-state index >= 15 is 0 Å². The molecular formula is C20H17BrN4O2S. The number of halogens is 1. The summed E-state index contributed by atoms with van der Waals surface area (Å²) in [6, 6.07) is 15.9. The first-order valence-corrected chi connectivity index (χ1v) is 10.5. The van der Waals surface area contributed by atoms with Crippen LogP contribution in [0, 0.1) is 0 Å². The lowest BCUT2D eigenvalue weighted by atomic mass is 10.0. The molecule has 2 aromatic carbocycles. The van der Waals surface area contributed by atoms with Crippen LogP contribution in [0.1, 0.15) is 31.2 Å². The van der Waals surface area contributed by atoms with E-state index in [0.717, 1.165) is 15.6 Å². The summed E-state index contributed by atoms with van der Waals surface area (Å²) >= 11 is 4.80. The molecule has 6 nitrogen and oxygen atoms in total. The SMILES string of the molecule is CC(C)c1ccc(-c2noc(CSc3nnc(-c4cccc(Br)c4)o3)n2)cc1. The first kappa shape index (κ1) is 18.9. The Morgan fingerprint density at radius 2 is 1.86 bits per heavy atom. The molecule has 0 radical (unpaired) electrons. The van der Waals surface area contributed by atoms with Gasteiger partial charge in [-0.15, -0.1) is 10.2 Å². The Morgan fingerprint density at radius 3 is 2.61 bits per heavy atom. The minimum Gasteiger partial charge on any atom is -0.411 e. The van der Waals surface area contributed by atoms with E-state index in [4.69, 9.17) is 8.94 Å². The third-order valence-corrected chi connectivity index (χ3v) is 5.40. The third-order valence-electron chi connectivity index (χ3n) is 4.10. The topological polar surface area (TPSA) is 77.8 Å². The number of thioether (sulfide) groups is 1. The highest BCUT2D eigenvalue weighted by atomic mass is 79.9. The van der Waals surface area contributed by atoms with Crippen molar-refractivity contribution in [3.8, 4) is 22.8 Å². The van der Waals surface area contributed by atoms with Crippen LogP contribution in [0.5, 0.6) is 0 Å². The summed E-state index contributed by atoms with van der Waals surface area (Å²) in [5, 5.41) is 12.7. The van der Waals surface area contributed by atoms with Gasteiger partial charge in [-0.1, -0.05) is 77.0 Å². The summed E-state index contributed by atoms with van der Waals surface area (Å²) in [5.74, 6) is 2.50. The zero-order chi connectivity index (χ0) is 19.5. The monoisotopic (exact) mass is 456 g/mol. The van der Waals surface area contributed by atoms with E-state index in [1.807, 2.05) is 36.4 Å². The van der Waals surface area contributed by atoms with Gasteiger partial charge in [0.2, 0.25) is 17.6 Å². The van der Waals surface area contributed by atoms with Crippen LogP contribution in [-0.2, 0) is 5.75 Å². The average molecular weight is 457 g/mol. The number of hydrogen-bond acceptors (Lipinski definition) is 7. The number of hydrogen-bond donors (Lipinski definition) is 0. The van der Waals surface area contributed by atoms with Gasteiger partial charge in [0.15, 0.2) is 0 Å². The molecule has 0 saturated heterocycles. The molecule has 0 aliphatic rings. The molecule has 0 unspecified atom stereocenters. The predicted octanol–water partition coefficient (Wildman–Crippen LogP) is 5.96. The fraction of sp³-hybridized carbons (Fsp3) is 0.200. The van der Waals surface area contributed by atoms with Crippen molar-refractivity contribution in [1.82, 2.24) is 20.3 Å². The molecule has 0 N–H and O–H groups in total. The average Bonchev–Trinajstić information content (AvgIpc) is 3.36. The first-order valence-electron chi connectivity index (χ1n) is 8.73. The molecule has 0 fully saturated rings. The Labute approximate surface area is 174 Å². The lowest BCUT2D eigenvalue weighted by molar-refractivity contribution is 0.391. The van der Waals surface area contributed by atoms with Gasteiger partial charge in [0, 0.05) is 15.6 Å². The molecular weight excluding hydrogens is 440 g/mol. The molecule has 4 aromatic rings. The van der Waals surface area contributed by atoms with E-state index in [1.165, 1.54) is 17.3 Å². The highest BCUT2D eigenvalue weighted by molar-refractivity contribution is 9.10. The van der Waals surface area contributed by atoms with Gasteiger partial charge >= 0.3 is 0 Å². The van der Waals surface area contributed by atoms with Crippen molar-refractivity contribution >= 4 is 27.7 Å². The summed E-state index contributed by atoms with van der Waals surface area (Å²) in [6.45, 7) is 4.33. The van der Waals surface area contributed by atoms with Crippen molar-refractivity contribution in [2.24, 2.45) is 0 Å². The van der Waals surface area contributed by atoms with Crippen LogP contribution < -0.4 is 0 Å². The van der Waals surface area contributed by atoms with Gasteiger partial charge in [-0.3, -0.25) is 0 Å². The zero-order valence-corrected chi connectivity index (χ0v) is 17.7. The minimum atomic E-state index is 0.455. The maximum absolute atomic E-state index is 5.70. The van der Waals surface area contributed by atoms with Crippen LogP contribution in [0.25, 0.3) is 22.8 Å². The standard InChI is InChI=1S/C20H17BrN4O2S/c1-12(2)13-6-8-14(9-7-13)18-22-17(27-25-18)11-28-20-24-23-19(26-20)15-4-3-5-16(21)10-15/h3-10,12H,11H2,1-2H3. The molecule has 0 aliphatic carbocycles. The number of nitrogens with zero attached hydrogens (tertiary/aromatic N) is 4. The van der Waals surface area contributed by atoms with Crippen LogP contribution in [0.2, 0.25) is 0 Å². The lowest BCUT2D eigenvalue weighted by Crippen LogP contribution is -1.88. The second-order valence-corrected chi connectivity index (χ2v) is 8.30. The van der Waals surface area contributed by atoms with Gasteiger partial charge in [0.1, 0.15) is 0 Å². The normalized spacial score (nSPS) is 11.3. The lowest BCUT2D eigenvalue weighted by Gasteiger charge is -2.04. The summed E-state index contributed by atoms with van der Waals surface area (Å²) < 4.78 is 12.0. The van der Waals surface area contributed by atoms with Crippen LogP contribution >= 0.6 is 27.7 Å². The third kappa shape index (κ3) is 4.34. The zero-order valence-electron chi connectivity index (χ0n) is 15.3. The van der Waals surface area contributed by atoms with E-state index in [-0.39, 0.29) is 0 Å². The Balaban J connectivity index is 1.41. The Morgan fingerprint density at radius 1 is 1.04 bits per heavy atom. The van der Waals surface area contributed by atoms with Crippen molar-refractivity contribution < 1.29 is 8.94 Å². The first-order chi connectivity index (χ1) is 13.6. The predicted molar refractivity (Wildman–Crippen MR) is 111 cm³/mol. The summed E-state index contributed by atoms with van der Waals surface area (Å²) in [5.41, 5.74) is 3.07. The molecule has 0 spiro atoms. The van der Waals surface area contributed by atoms with E-state index < -0.39 is 0 Å². The van der Waals surface area contributed by atoms with Gasteiger partial charge in [-0.25, -0.2) is 0 Å². The summed E-state index contributed by atoms with van der Waals surface area (Å²) in [7, 11) is 0. The van der Waals surface area contributed by atoms with Crippen molar-refractivity contribution in [2.75, 3.05) is 0 Å². The van der Waals surface area contributed by atoms with Gasteiger partial charge in [0.05, 0.1) is 5.75 Å². The quantitative estimate of drug-likeness (QED) is 0.330. The van der Waals surface area contributed by atoms with Crippen molar-refractivity contribution in [3.05, 3.63) is 64.5 Å². The molecule has 4 rings (SSSR count). The minimum absolute atomic E-state index is 0.455. The molecule has 142 valence electrons. The van der Waals surface area contributed by atoms with E-state index in [0.29, 0.717) is 34.5 Å². The molecule has 0 bridgehead atoms. The molecule has 0 aliphatic heterocycles. The van der Waals surface area contributed by atoms with Gasteiger partial charge in [-0.05, 0) is 29.7 Å². The smallest absolute Gasteiger partial charge is 0.277 e. The number of benzene rings is 2. The van der Waals surface area contributed by atoms with Crippen LogP contribution in [0.4, 0.5) is 0 Å².